The fraction of sp³-hybridized carbons (Fsp3) is 0.0833. The van der Waals surface area contributed by atoms with Crippen LogP contribution < -0.4 is 5.32 Å². The molecule has 1 N–H and O–H groups in total. The van der Waals surface area contributed by atoms with Crippen LogP contribution in [0.1, 0.15) is 0 Å². The molecule has 0 aliphatic carbocycles. The Morgan fingerprint density at radius 3 is 3.00 bits per heavy atom. The summed E-state index contributed by atoms with van der Waals surface area (Å²) in [6, 6.07) is 8.09. The first kappa shape index (κ1) is 10.2. The van der Waals surface area contributed by atoms with Crippen LogP contribution in [0.25, 0.3) is 10.8 Å². The van der Waals surface area contributed by atoms with Gasteiger partial charge in [-0.25, -0.2) is 4.98 Å². The van der Waals surface area contributed by atoms with Crippen molar-refractivity contribution in [3.63, 3.8) is 0 Å². The maximum atomic E-state index is 4.31. The Labute approximate surface area is 97.2 Å². The number of nitrogens with one attached hydrogen (secondary N) is 1. The summed E-state index contributed by atoms with van der Waals surface area (Å²) in [5.74, 6) is 0.897. The molecule has 0 amide bonds. The van der Waals surface area contributed by atoms with Crippen molar-refractivity contribution in [2.24, 2.45) is 0 Å². The van der Waals surface area contributed by atoms with Gasteiger partial charge < -0.3 is 5.32 Å². The molecule has 0 aliphatic rings. The van der Waals surface area contributed by atoms with Gasteiger partial charge in [-0.05, 0) is 12.1 Å². The highest BCUT2D eigenvalue weighted by atomic mass is 79.9. The topological polar surface area (TPSA) is 24.9 Å². The van der Waals surface area contributed by atoms with Gasteiger partial charge in [0.25, 0.3) is 0 Å². The van der Waals surface area contributed by atoms with Crippen molar-refractivity contribution in [2.75, 3.05) is 11.9 Å². The van der Waals surface area contributed by atoms with Crippen molar-refractivity contribution < 1.29 is 0 Å². The Balaban J connectivity index is 2.55. The number of hydrogen-bond acceptors (Lipinski definition) is 2. The van der Waals surface area contributed by atoms with Gasteiger partial charge >= 0.3 is 0 Å². The summed E-state index contributed by atoms with van der Waals surface area (Å²) >= 11 is 3.52. The molecule has 0 bridgehead atoms. The molecule has 0 unspecified atom stereocenters. The standard InChI is InChI=1S/C12H11BrN2/c1-2-7-14-12-10-4-3-5-11(13)9(10)6-8-15-12/h2-6,8H,1,7H2,(H,14,15). The van der Waals surface area contributed by atoms with Crippen LogP contribution in [0.2, 0.25) is 0 Å². The van der Waals surface area contributed by atoms with E-state index in [-0.39, 0.29) is 0 Å². The summed E-state index contributed by atoms with van der Waals surface area (Å²) in [4.78, 5) is 4.31. The van der Waals surface area contributed by atoms with Crippen LogP contribution in [-0.2, 0) is 0 Å². The molecule has 0 fully saturated rings. The second-order valence-corrected chi connectivity index (χ2v) is 4.02. The third-order valence-electron chi connectivity index (χ3n) is 2.17. The first-order valence-electron chi connectivity index (χ1n) is 4.71. The van der Waals surface area contributed by atoms with E-state index in [0.29, 0.717) is 0 Å². The van der Waals surface area contributed by atoms with Crippen LogP contribution in [0.15, 0.2) is 47.6 Å². The molecule has 0 spiro atoms. The first-order valence-corrected chi connectivity index (χ1v) is 5.50. The van der Waals surface area contributed by atoms with Crippen molar-refractivity contribution in [1.29, 1.82) is 0 Å². The van der Waals surface area contributed by atoms with Gasteiger partial charge in [-0.3, -0.25) is 0 Å². The second-order valence-electron chi connectivity index (χ2n) is 3.16. The lowest BCUT2D eigenvalue weighted by molar-refractivity contribution is 1.25. The van der Waals surface area contributed by atoms with E-state index in [1.807, 2.05) is 24.3 Å². The van der Waals surface area contributed by atoms with Gasteiger partial charge in [-0.15, -0.1) is 6.58 Å². The molecule has 2 nitrogen and oxygen atoms in total. The number of halogens is 1. The van der Waals surface area contributed by atoms with E-state index >= 15 is 0 Å². The maximum absolute atomic E-state index is 4.31. The van der Waals surface area contributed by atoms with Crippen LogP contribution in [0.5, 0.6) is 0 Å². The van der Waals surface area contributed by atoms with Crippen LogP contribution in [0, 0.1) is 0 Å². The number of anilines is 1. The van der Waals surface area contributed by atoms with Crippen molar-refractivity contribution in [3.8, 4) is 0 Å². The van der Waals surface area contributed by atoms with Crippen LogP contribution in [0.3, 0.4) is 0 Å². The third kappa shape index (κ3) is 2.02. The lowest BCUT2D eigenvalue weighted by Crippen LogP contribution is -2.00. The van der Waals surface area contributed by atoms with E-state index in [9.17, 15) is 0 Å². The first-order chi connectivity index (χ1) is 7.33. The third-order valence-corrected chi connectivity index (χ3v) is 2.86. The highest BCUT2D eigenvalue weighted by molar-refractivity contribution is 9.10. The van der Waals surface area contributed by atoms with Gasteiger partial charge in [0.2, 0.25) is 0 Å². The minimum absolute atomic E-state index is 0.721. The number of hydrogen-bond donors (Lipinski definition) is 1. The normalized spacial score (nSPS) is 10.2. The summed E-state index contributed by atoms with van der Waals surface area (Å²) in [6.45, 7) is 4.39. The van der Waals surface area contributed by atoms with E-state index in [2.05, 4.69) is 38.9 Å². The molecule has 76 valence electrons. The average Bonchev–Trinajstić information content (AvgIpc) is 2.27. The smallest absolute Gasteiger partial charge is 0.134 e. The lowest BCUT2D eigenvalue weighted by atomic mass is 10.1. The Bertz CT molecular complexity index is 494. The molecular weight excluding hydrogens is 252 g/mol. The highest BCUT2D eigenvalue weighted by Gasteiger charge is 2.02. The number of rotatable bonds is 3. The number of fused-ring (bicyclic) bond motifs is 1. The zero-order valence-corrected chi connectivity index (χ0v) is 9.79. The zero-order valence-electron chi connectivity index (χ0n) is 8.20. The summed E-state index contributed by atoms with van der Waals surface area (Å²) in [5, 5.41) is 5.50. The summed E-state index contributed by atoms with van der Waals surface area (Å²) in [6.07, 6.45) is 3.62. The van der Waals surface area contributed by atoms with E-state index < -0.39 is 0 Å². The summed E-state index contributed by atoms with van der Waals surface area (Å²) < 4.78 is 1.09. The number of pyridine rings is 1. The second kappa shape index (κ2) is 4.45. The van der Waals surface area contributed by atoms with Gasteiger partial charge in [0.15, 0.2) is 0 Å². The van der Waals surface area contributed by atoms with Gasteiger partial charge in [0, 0.05) is 28.0 Å². The molecule has 0 aliphatic heterocycles. The monoisotopic (exact) mass is 262 g/mol. The predicted octanol–water partition coefficient (Wildman–Crippen LogP) is 3.60. The molecule has 2 aromatic rings. The predicted molar refractivity (Wildman–Crippen MR) is 68.1 cm³/mol. The summed E-state index contributed by atoms with van der Waals surface area (Å²) in [7, 11) is 0. The van der Waals surface area contributed by atoms with Crippen molar-refractivity contribution in [3.05, 3.63) is 47.6 Å². The van der Waals surface area contributed by atoms with E-state index in [1.54, 1.807) is 6.20 Å². The van der Waals surface area contributed by atoms with E-state index in [1.165, 1.54) is 5.39 Å². The SMILES string of the molecule is C=CCNc1nccc2c(Br)cccc12. The minimum Gasteiger partial charge on any atom is -0.366 e. The quantitative estimate of drug-likeness (QED) is 0.856. The molecule has 1 aromatic carbocycles. The number of aromatic nitrogens is 1. The van der Waals surface area contributed by atoms with E-state index in [4.69, 9.17) is 0 Å². The Morgan fingerprint density at radius 1 is 1.33 bits per heavy atom. The van der Waals surface area contributed by atoms with Crippen LogP contribution >= 0.6 is 15.9 Å². The fourth-order valence-corrected chi connectivity index (χ4v) is 1.98. The maximum Gasteiger partial charge on any atom is 0.134 e. The molecule has 0 atom stereocenters. The fourth-order valence-electron chi connectivity index (χ4n) is 1.48. The Kier molecular flexibility index (Phi) is 3.02. The van der Waals surface area contributed by atoms with E-state index in [0.717, 1.165) is 22.2 Å². The molecular formula is C12H11BrN2. The van der Waals surface area contributed by atoms with Crippen molar-refractivity contribution >= 4 is 32.5 Å². The molecule has 2 rings (SSSR count). The van der Waals surface area contributed by atoms with Gasteiger partial charge in [0.05, 0.1) is 0 Å². The van der Waals surface area contributed by atoms with Crippen molar-refractivity contribution in [1.82, 2.24) is 4.98 Å². The highest BCUT2D eigenvalue weighted by Crippen LogP contribution is 2.27. The Hall–Kier alpha value is -1.35. The number of benzene rings is 1. The molecule has 3 heteroatoms. The van der Waals surface area contributed by atoms with Crippen LogP contribution in [0.4, 0.5) is 5.82 Å². The molecule has 0 saturated carbocycles. The van der Waals surface area contributed by atoms with Gasteiger partial charge in [-0.1, -0.05) is 34.1 Å². The molecule has 1 aromatic heterocycles. The molecule has 0 radical (unpaired) electrons. The minimum atomic E-state index is 0.721. The van der Waals surface area contributed by atoms with Crippen LogP contribution in [-0.4, -0.2) is 11.5 Å². The summed E-state index contributed by atoms with van der Waals surface area (Å²) in [5.41, 5.74) is 0. The largest absolute Gasteiger partial charge is 0.366 e. The van der Waals surface area contributed by atoms with Gasteiger partial charge in [0.1, 0.15) is 5.82 Å². The lowest BCUT2D eigenvalue weighted by Gasteiger charge is -2.07. The number of nitrogens with zero attached hydrogens (tertiary/aromatic N) is 1. The van der Waals surface area contributed by atoms with Gasteiger partial charge in [-0.2, -0.15) is 0 Å². The molecule has 0 saturated heterocycles. The zero-order chi connectivity index (χ0) is 10.7. The van der Waals surface area contributed by atoms with Crippen molar-refractivity contribution in [2.45, 2.75) is 0 Å². The average molecular weight is 263 g/mol. The molecule has 15 heavy (non-hydrogen) atoms. The Morgan fingerprint density at radius 2 is 2.20 bits per heavy atom. The molecule has 1 heterocycles.